The minimum absolute atomic E-state index is 0.0423. The number of rotatable bonds is 7. The van der Waals surface area contributed by atoms with Crippen LogP contribution in [0.25, 0.3) is 5.57 Å². The number of aromatic carboxylic acids is 1. The molecular weight excluding hydrogens is 606 g/mol. The van der Waals surface area contributed by atoms with E-state index in [4.69, 9.17) is 0 Å². The molecule has 6 fully saturated rings. The number of hydrogen-bond acceptors (Lipinski definition) is 4. The van der Waals surface area contributed by atoms with E-state index in [9.17, 15) is 14.7 Å². The summed E-state index contributed by atoms with van der Waals surface area (Å²) >= 11 is 0. The number of carbonyl (C=O) groups is 2. The smallest absolute Gasteiger partial charge is 0.335 e. The molecule has 0 aromatic heterocycles. The SMILES string of the molecule is CC1(C(=O)N2CCN(CCN[C@]34CCCC3[C@H]3CCC5[C@@](C)(CCC6C(C)(C)C(c7ccc(C(=O)O)cc7)=CC[C@@]65C)C3CC4)CC2)CC1. The lowest BCUT2D eigenvalue weighted by Crippen LogP contribution is -2.64. The molecule has 2 N–H and O–H groups in total. The van der Waals surface area contributed by atoms with E-state index in [-0.39, 0.29) is 10.8 Å². The Morgan fingerprint density at radius 1 is 0.796 bits per heavy atom. The van der Waals surface area contributed by atoms with E-state index in [0.717, 1.165) is 82.2 Å². The number of carbonyl (C=O) groups excluding carboxylic acids is 1. The van der Waals surface area contributed by atoms with Crippen molar-refractivity contribution in [1.82, 2.24) is 15.1 Å². The monoisotopic (exact) mass is 669 g/mol. The van der Waals surface area contributed by atoms with Crippen LogP contribution in [0.3, 0.4) is 0 Å². The van der Waals surface area contributed by atoms with Crippen LogP contribution in [0.5, 0.6) is 0 Å². The number of amides is 1. The minimum Gasteiger partial charge on any atom is -0.478 e. The van der Waals surface area contributed by atoms with E-state index in [1.54, 1.807) is 12.1 Å². The van der Waals surface area contributed by atoms with Gasteiger partial charge in [0.05, 0.1) is 5.56 Å². The normalized spacial score (nSPS) is 40.7. The summed E-state index contributed by atoms with van der Waals surface area (Å²) in [6, 6.07) is 7.64. The third-order valence-corrected chi connectivity index (χ3v) is 16.6. The second kappa shape index (κ2) is 11.9. The molecule has 6 heteroatoms. The summed E-state index contributed by atoms with van der Waals surface area (Å²) in [6.07, 6.45) is 18.2. The zero-order chi connectivity index (χ0) is 34.4. The van der Waals surface area contributed by atoms with Gasteiger partial charge in [-0.25, -0.2) is 4.79 Å². The standard InChI is InChI=1S/C43H63N3O3/c1-39(2)32(29-8-10-30(11-9-29)37(47)48)14-18-42(5)35(39)16-19-41(4)33-15-20-43(17-6-7-34(43)31(33)12-13-36(41)42)44-23-24-45-25-27-46(28-26-45)38(49)40(3)21-22-40/h8-11,14,31,33-36,44H,6-7,12-13,15-28H2,1-5H3,(H,47,48)/t31-,33?,34?,35?,36?,41-,42-,43-/m0/s1. The molecule has 0 radical (unpaired) electrons. The van der Waals surface area contributed by atoms with Crippen LogP contribution in [0.1, 0.15) is 128 Å². The number of carboxylic acid groups (broad SMARTS) is 1. The van der Waals surface area contributed by atoms with Gasteiger partial charge in [-0.05, 0) is 140 Å². The average molecular weight is 670 g/mol. The van der Waals surface area contributed by atoms with Crippen LogP contribution in [0.2, 0.25) is 0 Å². The summed E-state index contributed by atoms with van der Waals surface area (Å²) < 4.78 is 0. The summed E-state index contributed by atoms with van der Waals surface area (Å²) in [5.41, 5.74) is 4.07. The highest BCUT2D eigenvalue weighted by molar-refractivity contribution is 5.88. The number of fused-ring (bicyclic) bond motifs is 7. The molecule has 8 atom stereocenters. The maximum absolute atomic E-state index is 12.8. The van der Waals surface area contributed by atoms with Crippen LogP contribution < -0.4 is 5.32 Å². The van der Waals surface area contributed by atoms with Crippen LogP contribution in [-0.2, 0) is 4.79 Å². The van der Waals surface area contributed by atoms with Crippen molar-refractivity contribution in [2.24, 2.45) is 51.2 Å². The fraction of sp³-hybridized carbons (Fsp3) is 0.767. The Kier molecular flexibility index (Phi) is 8.27. The minimum atomic E-state index is -0.853. The molecule has 1 aromatic rings. The number of carboxylic acids is 1. The highest BCUT2D eigenvalue weighted by atomic mass is 16.4. The molecular formula is C43H63N3O3. The lowest BCUT2D eigenvalue weighted by molar-refractivity contribution is -0.172. The molecule has 4 unspecified atom stereocenters. The molecule has 1 saturated heterocycles. The van der Waals surface area contributed by atoms with Crippen LogP contribution in [0.15, 0.2) is 30.3 Å². The molecule has 6 aliphatic carbocycles. The molecule has 1 heterocycles. The number of piperazine rings is 1. The molecule has 1 amide bonds. The molecule has 49 heavy (non-hydrogen) atoms. The number of nitrogens with one attached hydrogen (secondary N) is 1. The van der Waals surface area contributed by atoms with E-state index >= 15 is 0 Å². The number of benzene rings is 1. The van der Waals surface area contributed by atoms with Crippen molar-refractivity contribution in [2.75, 3.05) is 39.3 Å². The predicted molar refractivity (Wildman–Crippen MR) is 196 cm³/mol. The van der Waals surface area contributed by atoms with Gasteiger partial charge in [-0.1, -0.05) is 59.2 Å². The van der Waals surface area contributed by atoms with Crippen LogP contribution >= 0.6 is 0 Å². The van der Waals surface area contributed by atoms with Crippen molar-refractivity contribution in [3.8, 4) is 0 Å². The second-order valence-electron chi connectivity index (χ2n) is 19.2. The van der Waals surface area contributed by atoms with Crippen molar-refractivity contribution in [3.05, 3.63) is 41.5 Å². The second-order valence-corrected chi connectivity index (χ2v) is 19.2. The van der Waals surface area contributed by atoms with Crippen LogP contribution in [-0.4, -0.2) is 71.6 Å². The third-order valence-electron chi connectivity index (χ3n) is 16.6. The van der Waals surface area contributed by atoms with E-state index < -0.39 is 5.97 Å². The van der Waals surface area contributed by atoms with Gasteiger partial charge in [0.1, 0.15) is 0 Å². The molecule has 268 valence electrons. The van der Waals surface area contributed by atoms with Crippen molar-refractivity contribution in [1.29, 1.82) is 0 Å². The summed E-state index contributed by atoms with van der Waals surface area (Å²) in [5.74, 6) is 3.48. The van der Waals surface area contributed by atoms with Crippen molar-refractivity contribution in [2.45, 2.75) is 117 Å². The van der Waals surface area contributed by atoms with Gasteiger partial charge < -0.3 is 15.3 Å². The van der Waals surface area contributed by atoms with Gasteiger partial charge in [0, 0.05) is 50.2 Å². The van der Waals surface area contributed by atoms with Gasteiger partial charge in [0.15, 0.2) is 0 Å². The Balaban J connectivity index is 0.932. The average Bonchev–Trinajstić information content (AvgIpc) is 3.68. The third kappa shape index (κ3) is 5.39. The lowest BCUT2D eigenvalue weighted by atomic mass is 9.37. The fourth-order valence-electron chi connectivity index (χ4n) is 13.8. The summed E-state index contributed by atoms with van der Waals surface area (Å²) in [5, 5.41) is 13.7. The number of allylic oxidation sites excluding steroid dienone is 2. The molecule has 0 spiro atoms. The summed E-state index contributed by atoms with van der Waals surface area (Å²) in [7, 11) is 0. The Morgan fingerprint density at radius 2 is 1.53 bits per heavy atom. The quantitative estimate of drug-likeness (QED) is 0.307. The van der Waals surface area contributed by atoms with Gasteiger partial charge in [0.25, 0.3) is 0 Å². The van der Waals surface area contributed by atoms with Crippen molar-refractivity contribution < 1.29 is 14.7 Å². The molecule has 7 aliphatic rings. The number of nitrogens with zero attached hydrogens (tertiary/aromatic N) is 2. The first-order chi connectivity index (χ1) is 23.3. The number of hydrogen-bond donors (Lipinski definition) is 2. The Hall–Kier alpha value is -2.18. The Labute approximate surface area is 295 Å². The molecule has 6 nitrogen and oxygen atoms in total. The zero-order valence-corrected chi connectivity index (χ0v) is 31.2. The van der Waals surface area contributed by atoms with E-state index in [0.29, 0.717) is 33.8 Å². The Morgan fingerprint density at radius 3 is 2.22 bits per heavy atom. The highest BCUT2D eigenvalue weighted by Crippen LogP contribution is 2.72. The maximum Gasteiger partial charge on any atom is 0.335 e. The Bertz CT molecular complexity index is 1490. The first kappa shape index (κ1) is 33.9. The molecule has 5 saturated carbocycles. The van der Waals surface area contributed by atoms with Crippen molar-refractivity contribution in [3.63, 3.8) is 0 Å². The van der Waals surface area contributed by atoms with Crippen molar-refractivity contribution >= 4 is 17.4 Å². The van der Waals surface area contributed by atoms with Gasteiger partial charge in [-0.3, -0.25) is 9.69 Å². The molecule has 1 aromatic carbocycles. The first-order valence-electron chi connectivity index (χ1n) is 20.1. The maximum atomic E-state index is 12.8. The molecule has 8 rings (SSSR count). The van der Waals surface area contributed by atoms with E-state index in [2.05, 4.69) is 55.8 Å². The fourth-order valence-corrected chi connectivity index (χ4v) is 13.8. The summed E-state index contributed by atoms with van der Waals surface area (Å²) in [6.45, 7) is 18.5. The van der Waals surface area contributed by atoms with E-state index in [1.165, 1.54) is 68.9 Å². The van der Waals surface area contributed by atoms with Crippen LogP contribution in [0, 0.1) is 51.2 Å². The highest BCUT2D eigenvalue weighted by Gasteiger charge is 2.65. The lowest BCUT2D eigenvalue weighted by Gasteiger charge is -2.68. The van der Waals surface area contributed by atoms with Gasteiger partial charge >= 0.3 is 5.97 Å². The van der Waals surface area contributed by atoms with Gasteiger partial charge in [-0.15, -0.1) is 0 Å². The van der Waals surface area contributed by atoms with Gasteiger partial charge in [-0.2, -0.15) is 0 Å². The van der Waals surface area contributed by atoms with Gasteiger partial charge in [0.2, 0.25) is 5.91 Å². The summed E-state index contributed by atoms with van der Waals surface area (Å²) in [4.78, 5) is 29.1. The predicted octanol–water partition coefficient (Wildman–Crippen LogP) is 8.13. The first-order valence-corrected chi connectivity index (χ1v) is 20.1. The zero-order valence-electron chi connectivity index (χ0n) is 31.2. The largest absolute Gasteiger partial charge is 0.478 e. The molecule has 1 aliphatic heterocycles. The van der Waals surface area contributed by atoms with E-state index in [1.807, 2.05) is 12.1 Å². The van der Waals surface area contributed by atoms with Crippen LogP contribution in [0.4, 0.5) is 0 Å². The molecule has 0 bridgehead atoms. The topological polar surface area (TPSA) is 72.9 Å².